The van der Waals surface area contributed by atoms with E-state index in [1.807, 2.05) is 24.3 Å². The highest BCUT2D eigenvalue weighted by Crippen LogP contribution is 2.16. The van der Waals surface area contributed by atoms with Crippen LogP contribution in [0.3, 0.4) is 0 Å². The van der Waals surface area contributed by atoms with Gasteiger partial charge in [0.2, 0.25) is 0 Å². The molecule has 1 atom stereocenters. The van der Waals surface area contributed by atoms with Gasteiger partial charge in [-0.1, -0.05) is 18.0 Å². The summed E-state index contributed by atoms with van der Waals surface area (Å²) in [5.74, 6) is 0. The van der Waals surface area contributed by atoms with E-state index in [4.69, 9.17) is 23.8 Å². The summed E-state index contributed by atoms with van der Waals surface area (Å²) >= 11 is 11.1. The Bertz CT molecular complexity index is 449. The third-order valence-corrected chi connectivity index (χ3v) is 4.45. The van der Waals surface area contributed by atoms with E-state index < -0.39 is 0 Å². The largest absolute Gasteiger partial charge is 0.362 e. The highest BCUT2D eigenvalue weighted by molar-refractivity contribution is 7.80. The van der Waals surface area contributed by atoms with Gasteiger partial charge in [-0.3, -0.25) is 0 Å². The zero-order valence-corrected chi connectivity index (χ0v) is 14.1. The van der Waals surface area contributed by atoms with Crippen LogP contribution in [0.2, 0.25) is 5.02 Å². The topological polar surface area (TPSA) is 27.3 Å². The van der Waals surface area contributed by atoms with Crippen molar-refractivity contribution in [2.45, 2.75) is 38.6 Å². The van der Waals surface area contributed by atoms with Gasteiger partial charge >= 0.3 is 0 Å². The Morgan fingerprint density at radius 1 is 1.33 bits per heavy atom. The maximum absolute atomic E-state index is 5.86. The summed E-state index contributed by atoms with van der Waals surface area (Å²) in [6.45, 7) is 5.63. The fourth-order valence-corrected chi connectivity index (χ4v) is 3.03. The van der Waals surface area contributed by atoms with Crippen molar-refractivity contribution in [2.24, 2.45) is 0 Å². The van der Waals surface area contributed by atoms with Crippen LogP contribution in [0.25, 0.3) is 0 Å². The van der Waals surface area contributed by atoms with Crippen molar-refractivity contribution in [3.05, 3.63) is 29.3 Å². The minimum absolute atomic E-state index is 0.670. The smallest absolute Gasteiger partial charge is 0.170 e. The highest BCUT2D eigenvalue weighted by Gasteiger charge is 2.16. The molecular formula is C16H24ClN3S. The van der Waals surface area contributed by atoms with E-state index in [0.717, 1.165) is 36.3 Å². The molecule has 1 aromatic rings. The Hall–Kier alpha value is -0.840. The second-order valence-electron chi connectivity index (χ2n) is 5.62. The van der Waals surface area contributed by atoms with Gasteiger partial charge in [0, 0.05) is 29.8 Å². The third-order valence-electron chi connectivity index (χ3n) is 3.95. The molecule has 21 heavy (non-hydrogen) atoms. The molecule has 1 saturated heterocycles. The van der Waals surface area contributed by atoms with E-state index >= 15 is 0 Å². The summed E-state index contributed by atoms with van der Waals surface area (Å²) < 4.78 is 0. The number of piperidine rings is 1. The monoisotopic (exact) mass is 325 g/mol. The Labute approximate surface area is 138 Å². The molecule has 0 radical (unpaired) electrons. The standard InChI is InChI=1S/C16H24ClN3S/c1-13-5-2-3-11-20(13)12-4-10-18-16(21)19-15-8-6-14(17)7-9-15/h6-9,13H,2-5,10-12H2,1H3,(H2,18,19,21)/t13-/m0/s1. The number of benzene rings is 1. The van der Waals surface area contributed by atoms with Crippen molar-refractivity contribution in [2.75, 3.05) is 25.0 Å². The van der Waals surface area contributed by atoms with E-state index in [-0.39, 0.29) is 0 Å². The lowest BCUT2D eigenvalue weighted by atomic mass is 10.0. The molecule has 0 amide bonds. The minimum atomic E-state index is 0.670. The molecule has 116 valence electrons. The van der Waals surface area contributed by atoms with Crippen LogP contribution in [0.1, 0.15) is 32.6 Å². The lowest BCUT2D eigenvalue weighted by Gasteiger charge is -2.33. The average Bonchev–Trinajstić information content (AvgIpc) is 2.48. The predicted octanol–water partition coefficient (Wildman–Crippen LogP) is 3.89. The molecular weight excluding hydrogens is 302 g/mol. The van der Waals surface area contributed by atoms with Crippen LogP contribution < -0.4 is 10.6 Å². The minimum Gasteiger partial charge on any atom is -0.362 e. The van der Waals surface area contributed by atoms with E-state index in [1.165, 1.54) is 25.8 Å². The summed E-state index contributed by atoms with van der Waals surface area (Å²) in [4.78, 5) is 2.58. The van der Waals surface area contributed by atoms with Gasteiger partial charge in [-0.2, -0.15) is 0 Å². The maximum Gasteiger partial charge on any atom is 0.170 e. The van der Waals surface area contributed by atoms with Crippen LogP contribution in [0, 0.1) is 0 Å². The van der Waals surface area contributed by atoms with Crippen LogP contribution in [0.5, 0.6) is 0 Å². The van der Waals surface area contributed by atoms with Gasteiger partial charge in [0.15, 0.2) is 5.11 Å². The van der Waals surface area contributed by atoms with Crippen molar-refractivity contribution >= 4 is 34.6 Å². The van der Waals surface area contributed by atoms with Crippen molar-refractivity contribution in [3.8, 4) is 0 Å². The highest BCUT2D eigenvalue weighted by atomic mass is 35.5. The molecule has 2 rings (SSSR count). The van der Waals surface area contributed by atoms with Gasteiger partial charge in [0.1, 0.15) is 0 Å². The fraction of sp³-hybridized carbons (Fsp3) is 0.562. The first kappa shape index (κ1) is 16.5. The molecule has 2 N–H and O–H groups in total. The number of anilines is 1. The van der Waals surface area contributed by atoms with Crippen molar-refractivity contribution in [1.29, 1.82) is 0 Å². The Kier molecular flexibility index (Phi) is 6.74. The lowest BCUT2D eigenvalue weighted by molar-refractivity contribution is 0.159. The van der Waals surface area contributed by atoms with E-state index in [1.54, 1.807) is 0 Å². The Morgan fingerprint density at radius 2 is 2.10 bits per heavy atom. The van der Waals surface area contributed by atoms with Crippen LogP contribution in [0.15, 0.2) is 24.3 Å². The summed E-state index contributed by atoms with van der Waals surface area (Å²) in [5.41, 5.74) is 0.960. The zero-order valence-electron chi connectivity index (χ0n) is 12.6. The lowest BCUT2D eigenvalue weighted by Crippen LogP contribution is -2.39. The van der Waals surface area contributed by atoms with Crippen molar-refractivity contribution < 1.29 is 0 Å². The first-order valence-electron chi connectivity index (χ1n) is 7.69. The summed E-state index contributed by atoms with van der Waals surface area (Å²) in [7, 11) is 0. The van der Waals surface area contributed by atoms with Gasteiger partial charge < -0.3 is 15.5 Å². The number of likely N-dealkylation sites (tertiary alicyclic amines) is 1. The number of hydrogen-bond acceptors (Lipinski definition) is 2. The molecule has 1 aliphatic heterocycles. The molecule has 0 aromatic heterocycles. The van der Waals surface area contributed by atoms with E-state index in [9.17, 15) is 0 Å². The van der Waals surface area contributed by atoms with Crippen LogP contribution >= 0.6 is 23.8 Å². The number of halogens is 1. The molecule has 1 aromatic carbocycles. The molecule has 5 heteroatoms. The second-order valence-corrected chi connectivity index (χ2v) is 6.47. The molecule has 1 heterocycles. The third kappa shape index (κ3) is 5.81. The predicted molar refractivity (Wildman–Crippen MR) is 95.2 cm³/mol. The quantitative estimate of drug-likeness (QED) is 0.634. The number of hydrogen-bond donors (Lipinski definition) is 2. The van der Waals surface area contributed by atoms with Crippen molar-refractivity contribution in [1.82, 2.24) is 10.2 Å². The van der Waals surface area contributed by atoms with Gasteiger partial charge in [0.25, 0.3) is 0 Å². The van der Waals surface area contributed by atoms with E-state index in [2.05, 4.69) is 22.5 Å². The Balaban J connectivity index is 1.61. The molecule has 0 spiro atoms. The molecule has 0 unspecified atom stereocenters. The normalized spacial score (nSPS) is 19.2. The number of nitrogens with zero attached hydrogens (tertiary/aromatic N) is 1. The first-order valence-corrected chi connectivity index (χ1v) is 8.48. The molecule has 0 saturated carbocycles. The molecule has 0 aliphatic carbocycles. The van der Waals surface area contributed by atoms with Gasteiger partial charge in [-0.25, -0.2) is 0 Å². The van der Waals surface area contributed by atoms with Crippen LogP contribution in [-0.4, -0.2) is 35.7 Å². The van der Waals surface area contributed by atoms with Gasteiger partial charge in [0.05, 0.1) is 0 Å². The molecule has 1 fully saturated rings. The fourth-order valence-electron chi connectivity index (χ4n) is 2.68. The maximum atomic E-state index is 5.86. The zero-order chi connectivity index (χ0) is 15.1. The van der Waals surface area contributed by atoms with Crippen LogP contribution in [-0.2, 0) is 0 Å². The van der Waals surface area contributed by atoms with Crippen molar-refractivity contribution in [3.63, 3.8) is 0 Å². The number of rotatable bonds is 5. The summed E-state index contributed by atoms with van der Waals surface area (Å²) in [6, 6.07) is 8.28. The second kappa shape index (κ2) is 8.57. The van der Waals surface area contributed by atoms with Gasteiger partial charge in [-0.15, -0.1) is 0 Å². The van der Waals surface area contributed by atoms with Crippen LogP contribution in [0.4, 0.5) is 5.69 Å². The SMILES string of the molecule is C[C@H]1CCCCN1CCCNC(=S)Nc1ccc(Cl)cc1. The number of nitrogens with one attached hydrogen (secondary N) is 2. The number of thiocarbonyl (C=S) groups is 1. The van der Waals surface area contributed by atoms with Gasteiger partial charge in [-0.05, 0) is 69.2 Å². The summed E-state index contributed by atoms with van der Waals surface area (Å²) in [6.07, 6.45) is 5.18. The average molecular weight is 326 g/mol. The molecule has 3 nitrogen and oxygen atoms in total. The first-order chi connectivity index (χ1) is 10.1. The molecule has 1 aliphatic rings. The molecule has 0 bridgehead atoms. The summed E-state index contributed by atoms with van der Waals surface area (Å²) in [5, 5.41) is 7.83. The Morgan fingerprint density at radius 3 is 2.81 bits per heavy atom. The van der Waals surface area contributed by atoms with E-state index in [0.29, 0.717) is 5.11 Å².